The van der Waals surface area contributed by atoms with Gasteiger partial charge in [-0.25, -0.2) is 4.68 Å². The van der Waals surface area contributed by atoms with Gasteiger partial charge in [-0.15, -0.1) is 0 Å². The lowest BCUT2D eigenvalue weighted by Crippen LogP contribution is -2.44. The van der Waals surface area contributed by atoms with Crippen LogP contribution in [0, 0.1) is 13.8 Å². The summed E-state index contributed by atoms with van der Waals surface area (Å²) in [6.07, 6.45) is 0. The molecule has 0 aliphatic carbocycles. The number of hydrogen-bond donors (Lipinski definition) is 1. The third-order valence-corrected chi connectivity index (χ3v) is 5.16. The lowest BCUT2D eigenvalue weighted by molar-refractivity contribution is 0.0923. The van der Waals surface area contributed by atoms with E-state index in [9.17, 15) is 9.59 Å². The van der Waals surface area contributed by atoms with E-state index in [4.69, 9.17) is 13.9 Å². The summed E-state index contributed by atoms with van der Waals surface area (Å²) in [5, 5.41) is 7.51. The molecular formula is C22H23N3O5. The Morgan fingerprint density at radius 3 is 2.77 bits per heavy atom. The molecule has 1 aliphatic heterocycles. The van der Waals surface area contributed by atoms with Gasteiger partial charge < -0.3 is 19.2 Å². The standard InChI is InChI=1S/C22H23N3O5/c1-13-9-17(14(2)30-13)22(27)23-19-11-29-12-20(19)25-21(26)8-7-18(24-25)15-5-4-6-16(10-15)28-3/h4-10,19-20H,11-12H2,1-3H3,(H,23,27). The molecule has 2 unspecified atom stereocenters. The van der Waals surface area contributed by atoms with Crippen molar-refractivity contribution in [3.05, 3.63) is 69.9 Å². The third kappa shape index (κ3) is 3.86. The van der Waals surface area contributed by atoms with Crippen molar-refractivity contribution in [3.8, 4) is 17.0 Å². The summed E-state index contributed by atoms with van der Waals surface area (Å²) >= 11 is 0. The smallest absolute Gasteiger partial charge is 0.267 e. The molecule has 1 aliphatic rings. The number of aromatic nitrogens is 2. The number of nitrogens with zero attached hydrogens (tertiary/aromatic N) is 2. The number of hydrogen-bond acceptors (Lipinski definition) is 6. The molecule has 4 rings (SSSR count). The quantitative estimate of drug-likeness (QED) is 0.696. The molecule has 1 aromatic carbocycles. The van der Waals surface area contributed by atoms with Crippen LogP contribution >= 0.6 is 0 Å². The van der Waals surface area contributed by atoms with E-state index < -0.39 is 12.1 Å². The van der Waals surface area contributed by atoms with Crippen LogP contribution < -0.4 is 15.6 Å². The number of methoxy groups -OCH3 is 1. The molecule has 0 spiro atoms. The Bertz CT molecular complexity index is 1130. The van der Waals surface area contributed by atoms with Gasteiger partial charge in [-0.1, -0.05) is 12.1 Å². The van der Waals surface area contributed by atoms with E-state index in [2.05, 4.69) is 10.4 Å². The molecule has 1 N–H and O–H groups in total. The lowest BCUT2D eigenvalue weighted by atomic mass is 10.1. The predicted molar refractivity (Wildman–Crippen MR) is 110 cm³/mol. The normalized spacial score (nSPS) is 18.4. The molecule has 30 heavy (non-hydrogen) atoms. The van der Waals surface area contributed by atoms with E-state index in [0.717, 1.165) is 5.56 Å². The van der Waals surface area contributed by atoms with Gasteiger partial charge in [-0.2, -0.15) is 5.10 Å². The molecule has 1 amide bonds. The van der Waals surface area contributed by atoms with Gasteiger partial charge in [0.15, 0.2) is 0 Å². The van der Waals surface area contributed by atoms with Crippen LogP contribution in [0.15, 0.2) is 51.7 Å². The minimum absolute atomic E-state index is 0.258. The summed E-state index contributed by atoms with van der Waals surface area (Å²) in [6.45, 7) is 4.11. The molecule has 0 radical (unpaired) electrons. The highest BCUT2D eigenvalue weighted by atomic mass is 16.5. The number of rotatable bonds is 5. The number of benzene rings is 1. The first-order chi connectivity index (χ1) is 14.5. The Morgan fingerprint density at radius 2 is 2.03 bits per heavy atom. The summed E-state index contributed by atoms with van der Waals surface area (Å²) in [5.74, 6) is 1.66. The highest BCUT2D eigenvalue weighted by Crippen LogP contribution is 2.24. The van der Waals surface area contributed by atoms with Crippen molar-refractivity contribution >= 4 is 5.91 Å². The minimum atomic E-state index is -0.416. The summed E-state index contributed by atoms with van der Waals surface area (Å²) in [7, 11) is 1.60. The first-order valence-electron chi connectivity index (χ1n) is 9.66. The van der Waals surface area contributed by atoms with Crippen LogP contribution in [0.5, 0.6) is 5.75 Å². The number of carbonyl (C=O) groups excluding carboxylic acids is 1. The van der Waals surface area contributed by atoms with E-state index in [1.165, 1.54) is 10.7 Å². The van der Waals surface area contributed by atoms with E-state index in [1.54, 1.807) is 33.1 Å². The van der Waals surface area contributed by atoms with Crippen molar-refractivity contribution in [3.63, 3.8) is 0 Å². The zero-order valence-electron chi connectivity index (χ0n) is 17.0. The molecule has 3 heterocycles. The zero-order valence-corrected chi connectivity index (χ0v) is 17.0. The average molecular weight is 409 g/mol. The van der Waals surface area contributed by atoms with E-state index in [0.29, 0.717) is 35.1 Å². The summed E-state index contributed by atoms with van der Waals surface area (Å²) in [6, 6.07) is 11.5. The van der Waals surface area contributed by atoms with Gasteiger partial charge in [0.05, 0.1) is 37.6 Å². The molecule has 2 atom stereocenters. The van der Waals surface area contributed by atoms with Gasteiger partial charge in [0.2, 0.25) is 0 Å². The molecule has 8 heteroatoms. The SMILES string of the molecule is COc1cccc(-c2ccc(=O)n(C3COCC3NC(=O)c3cc(C)oc3C)n2)c1. The van der Waals surface area contributed by atoms with Crippen LogP contribution in [0.3, 0.4) is 0 Å². The molecule has 8 nitrogen and oxygen atoms in total. The summed E-state index contributed by atoms with van der Waals surface area (Å²) < 4.78 is 17.7. The van der Waals surface area contributed by atoms with Crippen molar-refractivity contribution in [2.45, 2.75) is 25.9 Å². The monoisotopic (exact) mass is 409 g/mol. The van der Waals surface area contributed by atoms with Crippen molar-refractivity contribution in [2.24, 2.45) is 0 Å². The Labute approximate surface area is 173 Å². The number of amides is 1. The number of nitrogens with one attached hydrogen (secondary N) is 1. The van der Waals surface area contributed by atoms with Crippen LogP contribution in [0.2, 0.25) is 0 Å². The summed E-state index contributed by atoms with van der Waals surface area (Å²) in [5.41, 5.74) is 1.68. The van der Waals surface area contributed by atoms with Gasteiger partial charge in [-0.3, -0.25) is 9.59 Å². The van der Waals surface area contributed by atoms with Crippen LogP contribution in [0.4, 0.5) is 0 Å². The van der Waals surface area contributed by atoms with Crippen molar-refractivity contribution in [1.29, 1.82) is 0 Å². The fourth-order valence-corrected chi connectivity index (χ4v) is 3.62. The second-order valence-electron chi connectivity index (χ2n) is 7.25. The summed E-state index contributed by atoms with van der Waals surface area (Å²) in [4.78, 5) is 25.3. The number of ether oxygens (including phenoxy) is 2. The number of aryl methyl sites for hydroxylation is 2. The minimum Gasteiger partial charge on any atom is -0.497 e. The van der Waals surface area contributed by atoms with Crippen molar-refractivity contribution in [2.75, 3.05) is 20.3 Å². The average Bonchev–Trinajstić information content (AvgIpc) is 3.33. The second kappa shape index (κ2) is 8.16. The maximum Gasteiger partial charge on any atom is 0.267 e. The first-order valence-corrected chi connectivity index (χ1v) is 9.66. The molecule has 0 bridgehead atoms. The van der Waals surface area contributed by atoms with Gasteiger partial charge in [0, 0.05) is 11.6 Å². The number of carbonyl (C=O) groups is 1. The van der Waals surface area contributed by atoms with Crippen LogP contribution in [-0.2, 0) is 4.74 Å². The molecular weight excluding hydrogens is 386 g/mol. The largest absolute Gasteiger partial charge is 0.497 e. The first kappa shape index (κ1) is 19.9. The van der Waals surface area contributed by atoms with Crippen LogP contribution in [0.25, 0.3) is 11.3 Å². The van der Waals surface area contributed by atoms with E-state index in [1.807, 2.05) is 24.3 Å². The fraction of sp³-hybridized carbons (Fsp3) is 0.318. The Hall–Kier alpha value is -3.39. The maximum atomic E-state index is 12.7. The Balaban J connectivity index is 1.61. The van der Waals surface area contributed by atoms with Crippen molar-refractivity contribution < 1.29 is 18.7 Å². The lowest BCUT2D eigenvalue weighted by Gasteiger charge is -2.20. The van der Waals surface area contributed by atoms with Crippen molar-refractivity contribution in [1.82, 2.24) is 15.1 Å². The third-order valence-electron chi connectivity index (χ3n) is 5.16. The Morgan fingerprint density at radius 1 is 1.20 bits per heavy atom. The van der Waals surface area contributed by atoms with Crippen LogP contribution in [-0.4, -0.2) is 42.1 Å². The molecule has 3 aromatic rings. The highest BCUT2D eigenvalue weighted by Gasteiger charge is 2.33. The number of furan rings is 1. The molecule has 156 valence electrons. The maximum absolute atomic E-state index is 12.7. The van der Waals surface area contributed by atoms with Gasteiger partial charge in [0.25, 0.3) is 11.5 Å². The zero-order chi connectivity index (χ0) is 21.3. The Kier molecular flexibility index (Phi) is 5.41. The molecule has 0 saturated carbocycles. The fourth-order valence-electron chi connectivity index (χ4n) is 3.62. The van der Waals surface area contributed by atoms with Gasteiger partial charge >= 0.3 is 0 Å². The highest BCUT2D eigenvalue weighted by molar-refractivity contribution is 5.95. The molecule has 1 fully saturated rings. The molecule has 1 saturated heterocycles. The second-order valence-corrected chi connectivity index (χ2v) is 7.25. The van der Waals surface area contributed by atoms with E-state index >= 15 is 0 Å². The van der Waals surface area contributed by atoms with Gasteiger partial charge in [0.1, 0.15) is 23.3 Å². The van der Waals surface area contributed by atoms with E-state index in [-0.39, 0.29) is 18.1 Å². The van der Waals surface area contributed by atoms with Crippen LogP contribution in [0.1, 0.15) is 27.9 Å². The molecule has 2 aromatic heterocycles. The topological polar surface area (TPSA) is 95.6 Å². The predicted octanol–water partition coefficient (Wildman–Crippen LogP) is 2.50. The van der Waals surface area contributed by atoms with Gasteiger partial charge in [-0.05, 0) is 38.1 Å².